The lowest BCUT2D eigenvalue weighted by Gasteiger charge is -2.19. The van der Waals surface area contributed by atoms with Crippen molar-refractivity contribution >= 4 is 5.78 Å². The number of fused-ring (bicyclic) bond motifs is 2. The summed E-state index contributed by atoms with van der Waals surface area (Å²) < 4.78 is 27.2. The van der Waals surface area contributed by atoms with E-state index in [0.717, 1.165) is 0 Å². The minimum atomic E-state index is -0.539. The van der Waals surface area contributed by atoms with Gasteiger partial charge in [-0.2, -0.15) is 0 Å². The summed E-state index contributed by atoms with van der Waals surface area (Å²) in [7, 11) is 0. The van der Waals surface area contributed by atoms with E-state index in [0.29, 0.717) is 11.1 Å². The predicted molar refractivity (Wildman–Crippen MR) is 59.0 cm³/mol. The molecular weight excluding hydrogens is 222 g/mol. The minimum Gasteiger partial charge on any atom is -0.288 e. The molecule has 0 fully saturated rings. The van der Waals surface area contributed by atoms with Crippen molar-refractivity contribution in [3.05, 3.63) is 70.3 Å². The maximum Gasteiger partial charge on any atom is 0.196 e. The average molecular weight is 230 g/mol. The van der Waals surface area contributed by atoms with Gasteiger partial charge >= 0.3 is 0 Å². The topological polar surface area (TPSA) is 17.1 Å². The standard InChI is InChI=1S/C14H8F2O/c15-11-5-2-4-9-10(11)7-8-3-1-6-12(16)13(8)14(9)17/h1-6H,7H2. The number of hydrogen-bond acceptors (Lipinski definition) is 1. The molecule has 3 heteroatoms. The molecule has 3 rings (SSSR count). The van der Waals surface area contributed by atoms with Crippen LogP contribution in [0, 0.1) is 11.6 Å². The molecule has 0 saturated carbocycles. The molecule has 0 N–H and O–H groups in total. The van der Waals surface area contributed by atoms with Crippen molar-refractivity contribution in [1.29, 1.82) is 0 Å². The molecule has 0 amide bonds. The minimum absolute atomic E-state index is 0.0746. The second-order valence-electron chi connectivity index (χ2n) is 4.05. The summed E-state index contributed by atoms with van der Waals surface area (Å²) >= 11 is 0. The Labute approximate surface area is 96.7 Å². The Morgan fingerprint density at radius 1 is 0.941 bits per heavy atom. The van der Waals surface area contributed by atoms with Crippen LogP contribution in [-0.4, -0.2) is 5.78 Å². The summed E-state index contributed by atoms with van der Waals surface area (Å²) in [6.07, 6.45) is 0.265. The van der Waals surface area contributed by atoms with Gasteiger partial charge in [0.25, 0.3) is 0 Å². The second kappa shape index (κ2) is 3.48. The molecule has 1 nitrogen and oxygen atoms in total. The van der Waals surface area contributed by atoms with Crippen LogP contribution in [0.1, 0.15) is 27.0 Å². The maximum absolute atomic E-state index is 13.6. The van der Waals surface area contributed by atoms with Crippen molar-refractivity contribution in [1.82, 2.24) is 0 Å². The lowest BCUT2D eigenvalue weighted by molar-refractivity contribution is 0.103. The van der Waals surface area contributed by atoms with Crippen LogP contribution in [0.3, 0.4) is 0 Å². The molecule has 0 bridgehead atoms. The summed E-state index contributed by atoms with van der Waals surface area (Å²) in [5.74, 6) is -1.38. The molecule has 0 aliphatic heterocycles. The number of carbonyl (C=O) groups excluding carboxylic acids is 1. The van der Waals surface area contributed by atoms with Gasteiger partial charge in [-0.05, 0) is 17.7 Å². The van der Waals surface area contributed by atoms with Gasteiger partial charge in [0.2, 0.25) is 0 Å². The molecule has 2 aromatic carbocycles. The maximum atomic E-state index is 13.6. The fraction of sp³-hybridized carbons (Fsp3) is 0.0714. The SMILES string of the molecule is O=C1c2cccc(F)c2Cc2cccc(F)c21. The normalized spacial score (nSPS) is 13.2. The number of ketones is 1. The van der Waals surface area contributed by atoms with Gasteiger partial charge in [0.15, 0.2) is 5.78 Å². The van der Waals surface area contributed by atoms with E-state index in [1.807, 2.05) is 0 Å². The summed E-state index contributed by atoms with van der Waals surface area (Å²) in [6.45, 7) is 0. The smallest absolute Gasteiger partial charge is 0.196 e. The molecule has 0 heterocycles. The van der Waals surface area contributed by atoms with E-state index in [-0.39, 0.29) is 17.5 Å². The number of carbonyl (C=O) groups is 1. The third-order valence-corrected chi connectivity index (χ3v) is 3.06. The Bertz CT molecular complexity index is 632. The van der Waals surface area contributed by atoms with E-state index in [1.165, 1.54) is 30.3 Å². The molecule has 17 heavy (non-hydrogen) atoms. The van der Waals surface area contributed by atoms with Crippen LogP contribution in [0.4, 0.5) is 8.78 Å². The fourth-order valence-corrected chi connectivity index (χ4v) is 2.25. The van der Waals surface area contributed by atoms with Crippen molar-refractivity contribution < 1.29 is 13.6 Å². The van der Waals surface area contributed by atoms with Crippen molar-refractivity contribution in [2.45, 2.75) is 6.42 Å². The van der Waals surface area contributed by atoms with E-state index in [2.05, 4.69) is 0 Å². The van der Waals surface area contributed by atoms with Crippen LogP contribution in [0.2, 0.25) is 0 Å². The second-order valence-corrected chi connectivity index (χ2v) is 4.05. The first kappa shape index (κ1) is 10.1. The number of benzene rings is 2. The molecule has 1 aliphatic carbocycles. The predicted octanol–water partition coefficient (Wildman–Crippen LogP) is 3.10. The molecule has 84 valence electrons. The first-order valence-corrected chi connectivity index (χ1v) is 5.28. The largest absolute Gasteiger partial charge is 0.288 e. The Balaban J connectivity index is 2.29. The zero-order valence-electron chi connectivity index (χ0n) is 8.84. The van der Waals surface area contributed by atoms with Crippen LogP contribution >= 0.6 is 0 Å². The van der Waals surface area contributed by atoms with Gasteiger partial charge in [-0.3, -0.25) is 4.79 Å². The van der Waals surface area contributed by atoms with Crippen molar-refractivity contribution in [3.63, 3.8) is 0 Å². The summed E-state index contributed by atoms with van der Waals surface area (Å²) in [4.78, 5) is 12.1. The number of rotatable bonds is 0. The Kier molecular flexibility index (Phi) is 2.08. The van der Waals surface area contributed by atoms with E-state index >= 15 is 0 Å². The van der Waals surface area contributed by atoms with Crippen molar-refractivity contribution in [2.75, 3.05) is 0 Å². The van der Waals surface area contributed by atoms with Crippen LogP contribution in [0.25, 0.3) is 0 Å². The van der Waals surface area contributed by atoms with Gasteiger partial charge in [0, 0.05) is 17.5 Å². The van der Waals surface area contributed by atoms with E-state index in [9.17, 15) is 13.6 Å². The number of halogens is 2. The highest BCUT2D eigenvalue weighted by atomic mass is 19.1. The Morgan fingerprint density at radius 2 is 1.65 bits per heavy atom. The summed E-state index contributed by atoms with van der Waals surface area (Å²) in [6, 6.07) is 8.77. The first-order valence-electron chi connectivity index (χ1n) is 5.28. The third kappa shape index (κ3) is 1.39. The lowest BCUT2D eigenvalue weighted by Crippen LogP contribution is -2.18. The average Bonchev–Trinajstić information content (AvgIpc) is 2.31. The molecule has 0 atom stereocenters. The Morgan fingerprint density at radius 3 is 2.47 bits per heavy atom. The van der Waals surface area contributed by atoms with Gasteiger partial charge < -0.3 is 0 Å². The zero-order chi connectivity index (χ0) is 12.0. The third-order valence-electron chi connectivity index (χ3n) is 3.06. The highest BCUT2D eigenvalue weighted by Crippen LogP contribution is 2.30. The first-order chi connectivity index (χ1) is 8.18. The van der Waals surface area contributed by atoms with Crippen LogP contribution in [-0.2, 0) is 6.42 Å². The fourth-order valence-electron chi connectivity index (χ4n) is 2.25. The molecule has 2 aromatic rings. The number of hydrogen-bond donors (Lipinski definition) is 0. The van der Waals surface area contributed by atoms with Gasteiger partial charge in [0.1, 0.15) is 11.6 Å². The van der Waals surface area contributed by atoms with E-state index in [4.69, 9.17) is 0 Å². The van der Waals surface area contributed by atoms with Crippen LogP contribution in [0.15, 0.2) is 36.4 Å². The van der Waals surface area contributed by atoms with Crippen molar-refractivity contribution in [2.24, 2.45) is 0 Å². The zero-order valence-corrected chi connectivity index (χ0v) is 8.84. The molecular formula is C14H8F2O. The molecule has 0 spiro atoms. The van der Waals surface area contributed by atoms with Gasteiger partial charge in [-0.15, -0.1) is 0 Å². The van der Waals surface area contributed by atoms with Gasteiger partial charge in [0.05, 0.1) is 5.56 Å². The highest BCUT2D eigenvalue weighted by molar-refractivity contribution is 6.12. The molecule has 1 aliphatic rings. The summed E-state index contributed by atoms with van der Waals surface area (Å²) in [5, 5.41) is 0. The lowest BCUT2D eigenvalue weighted by atomic mass is 9.84. The van der Waals surface area contributed by atoms with Crippen molar-refractivity contribution in [3.8, 4) is 0 Å². The Hall–Kier alpha value is -2.03. The monoisotopic (exact) mass is 230 g/mol. The van der Waals surface area contributed by atoms with Crippen LogP contribution < -0.4 is 0 Å². The van der Waals surface area contributed by atoms with E-state index < -0.39 is 17.4 Å². The molecule has 0 unspecified atom stereocenters. The quantitative estimate of drug-likeness (QED) is 0.580. The molecule has 0 saturated heterocycles. The van der Waals surface area contributed by atoms with E-state index in [1.54, 1.807) is 6.07 Å². The van der Waals surface area contributed by atoms with Gasteiger partial charge in [-0.1, -0.05) is 24.3 Å². The van der Waals surface area contributed by atoms with Gasteiger partial charge in [-0.25, -0.2) is 8.78 Å². The molecule has 0 aromatic heterocycles. The summed E-state index contributed by atoms with van der Waals surface area (Å²) in [5.41, 5.74) is 1.25. The molecule has 0 radical (unpaired) electrons. The van der Waals surface area contributed by atoms with Crippen LogP contribution in [0.5, 0.6) is 0 Å². The highest BCUT2D eigenvalue weighted by Gasteiger charge is 2.27.